The van der Waals surface area contributed by atoms with Gasteiger partial charge in [0.15, 0.2) is 10.9 Å². The molecule has 7 nitrogen and oxygen atoms in total. The minimum atomic E-state index is -0.399. The van der Waals surface area contributed by atoms with Gasteiger partial charge in [-0.15, -0.1) is 11.3 Å². The predicted molar refractivity (Wildman–Crippen MR) is 81.2 cm³/mol. The Kier molecular flexibility index (Phi) is 5.05. The summed E-state index contributed by atoms with van der Waals surface area (Å²) in [6, 6.07) is 1.48. The third-order valence-electron chi connectivity index (χ3n) is 2.74. The summed E-state index contributed by atoms with van der Waals surface area (Å²) < 4.78 is 4.83. The highest BCUT2D eigenvalue weighted by molar-refractivity contribution is 7.14. The maximum absolute atomic E-state index is 12.0. The van der Waals surface area contributed by atoms with Crippen molar-refractivity contribution in [3.8, 4) is 0 Å². The summed E-state index contributed by atoms with van der Waals surface area (Å²) >= 11 is 1.21. The Morgan fingerprint density at radius 3 is 2.82 bits per heavy atom. The van der Waals surface area contributed by atoms with Gasteiger partial charge in [0.25, 0.3) is 5.91 Å². The van der Waals surface area contributed by atoms with Crippen LogP contribution in [0.2, 0.25) is 0 Å². The second-order valence-electron chi connectivity index (χ2n) is 4.44. The van der Waals surface area contributed by atoms with E-state index < -0.39 is 5.91 Å². The van der Waals surface area contributed by atoms with Crippen molar-refractivity contribution in [3.05, 3.63) is 34.6 Å². The SMILES string of the molecule is CCOC(=O)Cc1csc(NC(=O)c2cc(C(C)=O)c[nH]2)n1. The van der Waals surface area contributed by atoms with E-state index in [1.165, 1.54) is 30.5 Å². The van der Waals surface area contributed by atoms with Crippen molar-refractivity contribution >= 4 is 34.1 Å². The number of ether oxygens (including phenoxy) is 1. The van der Waals surface area contributed by atoms with Gasteiger partial charge in [-0.2, -0.15) is 0 Å². The lowest BCUT2D eigenvalue weighted by Gasteiger charge is -1.99. The maximum Gasteiger partial charge on any atom is 0.311 e. The van der Waals surface area contributed by atoms with Crippen LogP contribution in [-0.2, 0) is 16.0 Å². The molecular weight excluding hydrogens is 306 g/mol. The normalized spacial score (nSPS) is 10.3. The van der Waals surface area contributed by atoms with Gasteiger partial charge in [-0.25, -0.2) is 4.98 Å². The number of thiazole rings is 1. The molecule has 0 aliphatic rings. The van der Waals surface area contributed by atoms with Crippen LogP contribution >= 0.6 is 11.3 Å². The summed E-state index contributed by atoms with van der Waals surface area (Å²) in [7, 11) is 0. The number of nitrogens with zero attached hydrogens (tertiary/aromatic N) is 1. The molecule has 0 unspecified atom stereocenters. The van der Waals surface area contributed by atoms with Crippen LogP contribution in [0, 0.1) is 0 Å². The van der Waals surface area contributed by atoms with Crippen LogP contribution in [0.25, 0.3) is 0 Å². The van der Waals surface area contributed by atoms with E-state index in [0.29, 0.717) is 23.0 Å². The fourth-order valence-corrected chi connectivity index (χ4v) is 2.40. The van der Waals surface area contributed by atoms with E-state index in [1.54, 1.807) is 12.3 Å². The van der Waals surface area contributed by atoms with Crippen molar-refractivity contribution in [1.29, 1.82) is 0 Å². The minimum absolute atomic E-state index is 0.0667. The number of ketones is 1. The number of esters is 1. The Hall–Kier alpha value is -2.48. The number of hydrogen-bond donors (Lipinski definition) is 2. The van der Waals surface area contributed by atoms with E-state index in [1.807, 2.05) is 0 Å². The topological polar surface area (TPSA) is 101 Å². The van der Waals surface area contributed by atoms with E-state index in [-0.39, 0.29) is 23.9 Å². The van der Waals surface area contributed by atoms with Crippen LogP contribution in [0.1, 0.15) is 40.4 Å². The molecule has 8 heteroatoms. The second kappa shape index (κ2) is 6.99. The highest BCUT2D eigenvalue weighted by atomic mass is 32.1. The summed E-state index contributed by atoms with van der Waals surface area (Å²) in [4.78, 5) is 41.4. The fraction of sp³-hybridized carbons (Fsp3) is 0.286. The molecule has 0 aliphatic heterocycles. The molecule has 0 saturated heterocycles. The molecule has 22 heavy (non-hydrogen) atoms. The molecule has 0 saturated carbocycles. The molecule has 1 amide bonds. The maximum atomic E-state index is 12.0. The van der Waals surface area contributed by atoms with Gasteiger partial charge in [0.05, 0.1) is 18.7 Å². The summed E-state index contributed by atoms with van der Waals surface area (Å²) in [5.74, 6) is -0.882. The Balaban J connectivity index is 1.98. The lowest BCUT2D eigenvalue weighted by molar-refractivity contribution is -0.142. The zero-order valence-electron chi connectivity index (χ0n) is 12.1. The zero-order valence-corrected chi connectivity index (χ0v) is 13.0. The lowest BCUT2D eigenvalue weighted by atomic mass is 10.2. The number of carbonyl (C=O) groups is 3. The summed E-state index contributed by atoms with van der Waals surface area (Å²) in [5, 5.41) is 4.67. The summed E-state index contributed by atoms with van der Waals surface area (Å²) in [5.41, 5.74) is 1.24. The Bertz CT molecular complexity index is 705. The molecule has 0 atom stereocenters. The van der Waals surface area contributed by atoms with Gasteiger partial charge >= 0.3 is 5.97 Å². The molecule has 116 valence electrons. The first-order valence-electron chi connectivity index (χ1n) is 6.60. The first-order chi connectivity index (χ1) is 10.5. The molecular formula is C14H15N3O4S. The predicted octanol–water partition coefficient (Wildman–Crippen LogP) is 2.03. The number of aromatic nitrogens is 2. The second-order valence-corrected chi connectivity index (χ2v) is 5.30. The Labute approximate surface area is 130 Å². The van der Waals surface area contributed by atoms with Gasteiger partial charge in [0.2, 0.25) is 0 Å². The van der Waals surface area contributed by atoms with Crippen LogP contribution in [0.15, 0.2) is 17.6 Å². The van der Waals surface area contributed by atoms with Crippen LogP contribution in [0.5, 0.6) is 0 Å². The summed E-state index contributed by atoms with van der Waals surface area (Å²) in [6.07, 6.45) is 1.54. The third-order valence-corrected chi connectivity index (χ3v) is 3.54. The number of anilines is 1. The first kappa shape index (κ1) is 15.9. The fourth-order valence-electron chi connectivity index (χ4n) is 1.70. The highest BCUT2D eigenvalue weighted by Gasteiger charge is 2.14. The van der Waals surface area contributed by atoms with E-state index >= 15 is 0 Å². The number of nitrogens with one attached hydrogen (secondary N) is 2. The average molecular weight is 321 g/mol. The van der Waals surface area contributed by atoms with Crippen molar-refractivity contribution in [1.82, 2.24) is 9.97 Å². The van der Waals surface area contributed by atoms with E-state index in [4.69, 9.17) is 4.74 Å². The van der Waals surface area contributed by atoms with Gasteiger partial charge in [0.1, 0.15) is 5.69 Å². The van der Waals surface area contributed by atoms with Crippen LogP contribution < -0.4 is 5.32 Å². The molecule has 0 aromatic carbocycles. The number of hydrogen-bond acceptors (Lipinski definition) is 6. The molecule has 2 aromatic rings. The molecule has 2 heterocycles. The molecule has 2 rings (SSSR count). The number of aromatic amines is 1. The van der Waals surface area contributed by atoms with E-state index in [0.717, 1.165) is 0 Å². The van der Waals surface area contributed by atoms with Gasteiger partial charge < -0.3 is 9.72 Å². The standard InChI is InChI=1S/C14H15N3O4S/c1-3-21-12(19)5-10-7-22-14(16-10)17-13(20)11-4-9(6-15-11)8(2)18/h4,6-7,15H,3,5H2,1-2H3,(H,16,17,20). The molecule has 2 N–H and O–H groups in total. The van der Waals surface area contributed by atoms with Crippen molar-refractivity contribution in [2.45, 2.75) is 20.3 Å². The van der Waals surface area contributed by atoms with E-state index in [2.05, 4.69) is 15.3 Å². The van der Waals surface area contributed by atoms with Gasteiger partial charge in [-0.1, -0.05) is 0 Å². The number of carbonyl (C=O) groups excluding carboxylic acids is 3. The minimum Gasteiger partial charge on any atom is -0.466 e. The molecule has 0 spiro atoms. The number of amides is 1. The van der Waals surface area contributed by atoms with Gasteiger partial charge in [-0.3, -0.25) is 19.7 Å². The third kappa shape index (κ3) is 4.01. The average Bonchev–Trinajstić information content (AvgIpc) is 3.08. The van der Waals surface area contributed by atoms with Gasteiger partial charge in [-0.05, 0) is 19.9 Å². The van der Waals surface area contributed by atoms with Crippen molar-refractivity contribution in [2.24, 2.45) is 0 Å². The molecule has 0 fully saturated rings. The molecule has 0 aliphatic carbocycles. The zero-order chi connectivity index (χ0) is 16.1. The molecule has 0 radical (unpaired) electrons. The Morgan fingerprint density at radius 2 is 2.18 bits per heavy atom. The monoisotopic (exact) mass is 321 g/mol. The van der Waals surface area contributed by atoms with Gasteiger partial charge in [0, 0.05) is 17.1 Å². The van der Waals surface area contributed by atoms with E-state index in [9.17, 15) is 14.4 Å². The van der Waals surface area contributed by atoms with Crippen LogP contribution in [-0.4, -0.2) is 34.2 Å². The number of Topliss-reactive ketones (excluding diaryl/α,β-unsaturated/α-hetero) is 1. The highest BCUT2D eigenvalue weighted by Crippen LogP contribution is 2.17. The number of rotatable bonds is 6. The van der Waals surface area contributed by atoms with Crippen LogP contribution in [0.3, 0.4) is 0 Å². The smallest absolute Gasteiger partial charge is 0.311 e. The first-order valence-corrected chi connectivity index (χ1v) is 7.48. The van der Waals surface area contributed by atoms with Crippen LogP contribution in [0.4, 0.5) is 5.13 Å². The summed E-state index contributed by atoms with van der Waals surface area (Å²) in [6.45, 7) is 3.47. The lowest BCUT2D eigenvalue weighted by Crippen LogP contribution is -2.12. The molecule has 2 aromatic heterocycles. The van der Waals surface area contributed by atoms with Crippen molar-refractivity contribution < 1.29 is 19.1 Å². The van der Waals surface area contributed by atoms with Crippen molar-refractivity contribution in [3.63, 3.8) is 0 Å². The largest absolute Gasteiger partial charge is 0.466 e. The molecule has 0 bridgehead atoms. The number of H-pyrrole nitrogens is 1. The van der Waals surface area contributed by atoms with Crippen molar-refractivity contribution in [2.75, 3.05) is 11.9 Å². The Morgan fingerprint density at radius 1 is 1.41 bits per heavy atom. The quantitative estimate of drug-likeness (QED) is 0.626.